The van der Waals surface area contributed by atoms with E-state index in [1.165, 1.54) is 0 Å². The van der Waals surface area contributed by atoms with Crippen LogP contribution in [0.25, 0.3) is 10.9 Å². The van der Waals surface area contributed by atoms with Gasteiger partial charge >= 0.3 is 0 Å². The molecule has 0 aliphatic carbocycles. The second-order valence-electron chi connectivity index (χ2n) is 5.59. The summed E-state index contributed by atoms with van der Waals surface area (Å²) in [4.78, 5) is 8.87. The van der Waals surface area contributed by atoms with Gasteiger partial charge in [-0.05, 0) is 24.3 Å². The van der Waals surface area contributed by atoms with Gasteiger partial charge in [0, 0.05) is 30.1 Å². The third kappa shape index (κ3) is 2.84. The molecule has 2 heterocycles. The number of phenols is 1. The molecule has 1 aliphatic heterocycles. The van der Waals surface area contributed by atoms with Gasteiger partial charge in [-0.15, -0.1) is 0 Å². The summed E-state index contributed by atoms with van der Waals surface area (Å²) >= 11 is 0. The lowest BCUT2D eigenvalue weighted by atomic mass is 10.2. The first kappa shape index (κ1) is 14.4. The summed E-state index contributed by atoms with van der Waals surface area (Å²) in [6.07, 6.45) is 4.24. The number of aromatic nitrogens is 1. The molecule has 0 atom stereocenters. The maximum absolute atomic E-state index is 9.77. The summed E-state index contributed by atoms with van der Waals surface area (Å²) in [6, 6.07) is 17.2. The monoisotopic (exact) mass is 316 g/mol. The fraction of sp³-hybridized carbons (Fsp3) is 0.105. The number of amidine groups is 1. The van der Waals surface area contributed by atoms with E-state index in [1.807, 2.05) is 47.6 Å². The predicted molar refractivity (Wildman–Crippen MR) is 96.8 cm³/mol. The predicted octanol–water partition coefficient (Wildman–Crippen LogP) is 3.58. The number of fused-ring (bicyclic) bond motifs is 1. The second-order valence-corrected chi connectivity index (χ2v) is 5.59. The molecule has 5 nitrogen and oxygen atoms in total. The molecule has 3 aromatic rings. The minimum atomic E-state index is 0.218. The number of hydrazone groups is 1. The molecular formula is C19H16N4O. The Morgan fingerprint density at radius 1 is 1.08 bits per heavy atom. The minimum absolute atomic E-state index is 0.218. The summed E-state index contributed by atoms with van der Waals surface area (Å²) in [5, 5.41) is 17.3. The second kappa shape index (κ2) is 6.12. The Balaban J connectivity index is 1.56. The van der Waals surface area contributed by atoms with E-state index in [9.17, 15) is 5.11 Å². The Kier molecular flexibility index (Phi) is 3.67. The van der Waals surface area contributed by atoms with Gasteiger partial charge in [0.15, 0.2) is 5.84 Å². The summed E-state index contributed by atoms with van der Waals surface area (Å²) in [6.45, 7) is 0.771. The first-order valence-corrected chi connectivity index (χ1v) is 7.81. The molecule has 1 aliphatic rings. The van der Waals surface area contributed by atoms with Gasteiger partial charge in [-0.25, -0.2) is 4.99 Å². The number of anilines is 1. The Bertz CT molecular complexity index is 949. The Morgan fingerprint density at radius 2 is 1.92 bits per heavy atom. The molecule has 0 fully saturated rings. The molecule has 0 saturated heterocycles. The standard InChI is InChI=1S/C19H16N4O/c24-18-8-4-2-6-15(18)12-21-19-9-10-23(22-19)16-11-14-5-1-3-7-17(14)20-13-16/h1-8,11-13,24H,9-10H2. The van der Waals surface area contributed by atoms with E-state index in [-0.39, 0.29) is 5.75 Å². The number of nitrogens with zero attached hydrogens (tertiary/aromatic N) is 4. The zero-order valence-corrected chi connectivity index (χ0v) is 13.0. The van der Waals surface area contributed by atoms with E-state index in [2.05, 4.69) is 21.1 Å². The molecule has 5 heteroatoms. The molecule has 4 rings (SSSR count). The van der Waals surface area contributed by atoms with E-state index in [0.29, 0.717) is 5.56 Å². The maximum Gasteiger partial charge on any atom is 0.150 e. The van der Waals surface area contributed by atoms with Crippen LogP contribution in [0.15, 0.2) is 70.9 Å². The fourth-order valence-electron chi connectivity index (χ4n) is 2.66. The van der Waals surface area contributed by atoms with Gasteiger partial charge in [0.2, 0.25) is 0 Å². The molecule has 24 heavy (non-hydrogen) atoms. The maximum atomic E-state index is 9.77. The Hall–Kier alpha value is -3.21. The third-order valence-corrected chi connectivity index (χ3v) is 3.95. The molecule has 0 amide bonds. The Morgan fingerprint density at radius 3 is 2.83 bits per heavy atom. The van der Waals surface area contributed by atoms with Crippen LogP contribution >= 0.6 is 0 Å². The van der Waals surface area contributed by atoms with E-state index in [0.717, 1.165) is 35.4 Å². The van der Waals surface area contributed by atoms with Gasteiger partial charge in [-0.2, -0.15) is 5.10 Å². The van der Waals surface area contributed by atoms with Gasteiger partial charge in [-0.3, -0.25) is 9.99 Å². The van der Waals surface area contributed by atoms with Crippen LogP contribution in [-0.4, -0.2) is 28.7 Å². The number of pyridine rings is 1. The van der Waals surface area contributed by atoms with Crippen molar-refractivity contribution in [1.29, 1.82) is 0 Å². The number of rotatable bonds is 2. The van der Waals surface area contributed by atoms with Crippen molar-refractivity contribution in [2.45, 2.75) is 6.42 Å². The molecule has 0 unspecified atom stereocenters. The average molecular weight is 316 g/mol. The van der Waals surface area contributed by atoms with E-state index < -0.39 is 0 Å². The fourth-order valence-corrected chi connectivity index (χ4v) is 2.66. The van der Waals surface area contributed by atoms with Crippen LogP contribution in [0.2, 0.25) is 0 Å². The van der Waals surface area contributed by atoms with Crippen molar-refractivity contribution < 1.29 is 5.11 Å². The highest BCUT2D eigenvalue weighted by atomic mass is 16.3. The summed E-state index contributed by atoms with van der Waals surface area (Å²) in [5.74, 6) is 0.960. The van der Waals surface area contributed by atoms with Gasteiger partial charge in [0.25, 0.3) is 0 Å². The largest absolute Gasteiger partial charge is 0.507 e. The topological polar surface area (TPSA) is 61.1 Å². The van der Waals surface area contributed by atoms with Crippen LogP contribution in [-0.2, 0) is 0 Å². The molecule has 1 aromatic heterocycles. The molecule has 0 bridgehead atoms. The number of hydrogen-bond donors (Lipinski definition) is 1. The molecule has 0 radical (unpaired) electrons. The van der Waals surface area contributed by atoms with Gasteiger partial charge in [0.05, 0.1) is 17.4 Å². The highest BCUT2D eigenvalue weighted by molar-refractivity contribution is 5.97. The zero-order valence-electron chi connectivity index (χ0n) is 13.0. The number of hydrogen-bond acceptors (Lipinski definition) is 5. The molecule has 0 spiro atoms. The van der Waals surface area contributed by atoms with Crippen molar-refractivity contribution >= 4 is 28.6 Å². The van der Waals surface area contributed by atoms with Crippen LogP contribution < -0.4 is 5.01 Å². The number of para-hydroxylation sites is 2. The van der Waals surface area contributed by atoms with Gasteiger partial charge < -0.3 is 5.11 Å². The first-order valence-electron chi connectivity index (χ1n) is 7.81. The van der Waals surface area contributed by atoms with Crippen molar-refractivity contribution in [3.05, 3.63) is 66.4 Å². The summed E-state index contributed by atoms with van der Waals surface area (Å²) in [7, 11) is 0. The molecule has 0 saturated carbocycles. The van der Waals surface area contributed by atoms with Crippen LogP contribution in [0.1, 0.15) is 12.0 Å². The van der Waals surface area contributed by atoms with Gasteiger partial charge in [-0.1, -0.05) is 30.3 Å². The third-order valence-electron chi connectivity index (χ3n) is 3.95. The molecule has 1 N–H and O–H groups in total. The van der Waals surface area contributed by atoms with Crippen molar-refractivity contribution in [1.82, 2.24) is 4.98 Å². The SMILES string of the molecule is Oc1ccccc1C=NC1=NN(c2cnc3ccccc3c2)CC1. The normalized spacial score (nSPS) is 14.5. The molecule has 2 aromatic carbocycles. The van der Waals surface area contributed by atoms with Crippen LogP contribution in [0.5, 0.6) is 5.75 Å². The quantitative estimate of drug-likeness (QED) is 0.735. The highest BCUT2D eigenvalue weighted by Crippen LogP contribution is 2.23. The smallest absolute Gasteiger partial charge is 0.150 e. The van der Waals surface area contributed by atoms with Crippen LogP contribution in [0.4, 0.5) is 5.69 Å². The number of aliphatic imine (C=N–C) groups is 1. The lowest BCUT2D eigenvalue weighted by Gasteiger charge is -2.13. The number of benzene rings is 2. The molecule has 118 valence electrons. The van der Waals surface area contributed by atoms with E-state index in [1.54, 1.807) is 18.3 Å². The lowest BCUT2D eigenvalue weighted by Crippen LogP contribution is -2.11. The minimum Gasteiger partial charge on any atom is -0.507 e. The van der Waals surface area contributed by atoms with E-state index >= 15 is 0 Å². The first-order chi connectivity index (χ1) is 11.8. The van der Waals surface area contributed by atoms with Crippen LogP contribution in [0.3, 0.4) is 0 Å². The van der Waals surface area contributed by atoms with E-state index in [4.69, 9.17) is 0 Å². The van der Waals surface area contributed by atoms with Crippen molar-refractivity contribution in [2.75, 3.05) is 11.6 Å². The average Bonchev–Trinajstić information content (AvgIpc) is 3.10. The number of phenolic OH excluding ortho intramolecular Hbond substituents is 1. The van der Waals surface area contributed by atoms with Crippen LogP contribution in [0, 0.1) is 0 Å². The lowest BCUT2D eigenvalue weighted by molar-refractivity contribution is 0.474. The zero-order chi connectivity index (χ0) is 16.4. The van der Waals surface area contributed by atoms with Crippen molar-refractivity contribution in [3.63, 3.8) is 0 Å². The van der Waals surface area contributed by atoms with Crippen molar-refractivity contribution in [3.8, 4) is 5.75 Å². The highest BCUT2D eigenvalue weighted by Gasteiger charge is 2.16. The van der Waals surface area contributed by atoms with Gasteiger partial charge in [0.1, 0.15) is 5.75 Å². The summed E-state index contributed by atoms with van der Waals surface area (Å²) in [5.41, 5.74) is 2.62. The number of aromatic hydroxyl groups is 1. The summed E-state index contributed by atoms with van der Waals surface area (Å²) < 4.78 is 0. The van der Waals surface area contributed by atoms with Crippen molar-refractivity contribution in [2.24, 2.45) is 10.1 Å². The Labute approximate surface area is 139 Å². The molecular weight excluding hydrogens is 300 g/mol.